The monoisotopic (exact) mass is 308 g/mol. The molecule has 0 aromatic heterocycles. The molecule has 0 unspecified atom stereocenters. The van der Waals surface area contributed by atoms with Gasteiger partial charge in [0.05, 0.1) is 30.5 Å². The van der Waals surface area contributed by atoms with Crippen LogP contribution in [0.4, 0.5) is 0 Å². The Morgan fingerprint density at radius 3 is 1.45 bits per heavy atom. The fourth-order valence-electron chi connectivity index (χ4n) is 1.32. The van der Waals surface area contributed by atoms with E-state index in [0.29, 0.717) is 0 Å². The second-order valence-electron chi connectivity index (χ2n) is 2.70. The van der Waals surface area contributed by atoms with Crippen molar-refractivity contribution in [2.24, 2.45) is 0 Å². The van der Waals surface area contributed by atoms with Gasteiger partial charge in [0.25, 0.3) is 0 Å². The average Bonchev–Trinajstić information content (AvgIpc) is 2.01. The molecule has 0 aliphatic carbocycles. The maximum absolute atomic E-state index is 5.75. The van der Waals surface area contributed by atoms with Gasteiger partial charge in [-0.1, -0.05) is 0 Å². The first-order valence-corrected chi connectivity index (χ1v) is 7.22. The van der Waals surface area contributed by atoms with E-state index in [-0.39, 0.29) is 24.0 Å². The SMILES string of the molecule is CC[P+](CC)(CC)CCCl.[I-]. The van der Waals surface area contributed by atoms with E-state index < -0.39 is 7.26 Å². The quantitative estimate of drug-likeness (QED) is 0.389. The lowest BCUT2D eigenvalue weighted by Gasteiger charge is -2.21. The molecule has 0 saturated carbocycles. The van der Waals surface area contributed by atoms with Gasteiger partial charge in [-0.2, -0.15) is 0 Å². The average molecular weight is 309 g/mol. The van der Waals surface area contributed by atoms with Gasteiger partial charge in [0.15, 0.2) is 0 Å². The van der Waals surface area contributed by atoms with Crippen LogP contribution in [0.15, 0.2) is 0 Å². The lowest BCUT2D eigenvalue weighted by Crippen LogP contribution is -3.00. The third kappa shape index (κ3) is 4.90. The van der Waals surface area contributed by atoms with E-state index in [9.17, 15) is 0 Å². The molecule has 0 aromatic rings. The van der Waals surface area contributed by atoms with E-state index >= 15 is 0 Å². The lowest BCUT2D eigenvalue weighted by molar-refractivity contribution is -0.00000229. The zero-order chi connectivity index (χ0) is 8.04. The minimum atomic E-state index is -0.571. The van der Waals surface area contributed by atoms with Crippen LogP contribution in [0.25, 0.3) is 0 Å². The second kappa shape index (κ2) is 8.07. The zero-order valence-corrected chi connectivity index (χ0v) is 11.5. The summed E-state index contributed by atoms with van der Waals surface area (Å²) in [6, 6.07) is 0. The highest BCUT2D eigenvalue weighted by molar-refractivity contribution is 7.75. The lowest BCUT2D eigenvalue weighted by atomic mass is 10.9. The maximum Gasteiger partial charge on any atom is 0.0729 e. The zero-order valence-electron chi connectivity index (χ0n) is 7.74. The van der Waals surface area contributed by atoms with Crippen molar-refractivity contribution in [3.63, 3.8) is 0 Å². The summed E-state index contributed by atoms with van der Waals surface area (Å²) in [6.07, 6.45) is 5.43. The van der Waals surface area contributed by atoms with Crippen LogP contribution in [0.3, 0.4) is 0 Å². The number of alkyl halides is 1. The third-order valence-corrected chi connectivity index (χ3v) is 8.22. The molecule has 0 heterocycles. The molecule has 0 aromatic carbocycles. The van der Waals surface area contributed by atoms with E-state index in [2.05, 4.69) is 20.8 Å². The first-order chi connectivity index (χ1) is 4.74. The molecule has 0 radical (unpaired) electrons. The molecule has 0 bridgehead atoms. The van der Waals surface area contributed by atoms with Crippen LogP contribution in [0.5, 0.6) is 0 Å². The van der Waals surface area contributed by atoms with Crippen LogP contribution >= 0.6 is 18.9 Å². The van der Waals surface area contributed by atoms with Crippen LogP contribution in [0.2, 0.25) is 0 Å². The van der Waals surface area contributed by atoms with Crippen molar-refractivity contribution in [1.82, 2.24) is 0 Å². The van der Waals surface area contributed by atoms with E-state index in [1.54, 1.807) is 0 Å². The molecule has 11 heavy (non-hydrogen) atoms. The summed E-state index contributed by atoms with van der Waals surface area (Å²) in [4.78, 5) is 0. The Hall–Kier alpha value is 1.45. The van der Waals surface area contributed by atoms with Gasteiger partial charge in [0.1, 0.15) is 0 Å². The van der Waals surface area contributed by atoms with Gasteiger partial charge in [-0.05, 0) is 20.8 Å². The Kier molecular flexibility index (Phi) is 11.0. The Morgan fingerprint density at radius 2 is 1.36 bits per heavy atom. The largest absolute Gasteiger partial charge is 1.00 e. The van der Waals surface area contributed by atoms with Gasteiger partial charge in [0.2, 0.25) is 0 Å². The summed E-state index contributed by atoms with van der Waals surface area (Å²) in [6.45, 7) is 6.94. The number of rotatable bonds is 5. The fourth-order valence-corrected chi connectivity index (χ4v) is 5.05. The molecule has 0 amide bonds. The molecule has 0 nitrogen and oxygen atoms in total. The van der Waals surface area contributed by atoms with Gasteiger partial charge in [-0.25, -0.2) is 0 Å². The van der Waals surface area contributed by atoms with Crippen LogP contribution < -0.4 is 24.0 Å². The van der Waals surface area contributed by atoms with Crippen molar-refractivity contribution in [3.8, 4) is 0 Å². The summed E-state index contributed by atoms with van der Waals surface area (Å²) >= 11 is 5.75. The van der Waals surface area contributed by atoms with Crippen molar-refractivity contribution < 1.29 is 24.0 Å². The number of halogens is 2. The molecule has 0 N–H and O–H groups in total. The first kappa shape index (κ1) is 14.9. The standard InChI is InChI=1S/C8H19ClP.HI/c1-4-10(5-2,6-3)8-7-9;/h4-8H2,1-3H3;1H/q+1;/p-1. The first-order valence-electron chi connectivity index (χ1n) is 4.15. The minimum absolute atomic E-state index is 0. The van der Waals surface area contributed by atoms with Crippen molar-refractivity contribution in [1.29, 1.82) is 0 Å². The number of hydrogen-bond acceptors (Lipinski definition) is 0. The minimum Gasteiger partial charge on any atom is -1.00 e. The van der Waals surface area contributed by atoms with Crippen LogP contribution in [-0.4, -0.2) is 30.5 Å². The van der Waals surface area contributed by atoms with Gasteiger partial charge < -0.3 is 24.0 Å². The molecule has 0 aliphatic heterocycles. The summed E-state index contributed by atoms with van der Waals surface area (Å²) in [5.41, 5.74) is 0. The summed E-state index contributed by atoms with van der Waals surface area (Å²) in [5, 5.41) is 0. The van der Waals surface area contributed by atoms with Crippen LogP contribution in [0.1, 0.15) is 20.8 Å². The Bertz CT molecular complexity index is 75.9. The van der Waals surface area contributed by atoms with Gasteiger partial charge >= 0.3 is 0 Å². The Balaban J connectivity index is 0. The maximum atomic E-state index is 5.75. The van der Waals surface area contributed by atoms with E-state index in [1.807, 2.05) is 0 Å². The van der Waals surface area contributed by atoms with E-state index in [4.69, 9.17) is 11.6 Å². The van der Waals surface area contributed by atoms with Gasteiger partial charge in [-0.15, -0.1) is 11.6 Å². The van der Waals surface area contributed by atoms with Crippen molar-refractivity contribution in [2.75, 3.05) is 30.5 Å². The molecule has 0 atom stereocenters. The molecule has 0 rings (SSSR count). The Labute approximate surface area is 93.8 Å². The van der Waals surface area contributed by atoms with Crippen molar-refractivity contribution in [3.05, 3.63) is 0 Å². The summed E-state index contributed by atoms with van der Waals surface area (Å²) in [5.74, 6) is 0.864. The number of hydrogen-bond donors (Lipinski definition) is 0. The molecule has 0 aliphatic rings. The van der Waals surface area contributed by atoms with Crippen LogP contribution in [-0.2, 0) is 0 Å². The Morgan fingerprint density at radius 1 is 1.00 bits per heavy atom. The van der Waals surface area contributed by atoms with Crippen molar-refractivity contribution in [2.45, 2.75) is 20.8 Å². The highest BCUT2D eigenvalue weighted by atomic mass is 127. The van der Waals surface area contributed by atoms with Crippen molar-refractivity contribution >= 4 is 18.9 Å². The molecule has 70 valence electrons. The molecule has 0 saturated heterocycles. The smallest absolute Gasteiger partial charge is 0.0729 e. The highest BCUT2D eigenvalue weighted by Gasteiger charge is 2.29. The van der Waals surface area contributed by atoms with Crippen LogP contribution in [0, 0.1) is 0 Å². The second-order valence-corrected chi connectivity index (χ2v) is 8.11. The highest BCUT2D eigenvalue weighted by Crippen LogP contribution is 2.57. The molecule has 0 fully saturated rings. The van der Waals surface area contributed by atoms with E-state index in [0.717, 1.165) is 5.88 Å². The fraction of sp³-hybridized carbons (Fsp3) is 1.00. The molecular weight excluding hydrogens is 289 g/mol. The van der Waals surface area contributed by atoms with Gasteiger partial charge in [0, 0.05) is 7.26 Å². The predicted molar refractivity (Wildman–Crippen MR) is 54.1 cm³/mol. The third-order valence-electron chi connectivity index (χ3n) is 2.57. The topological polar surface area (TPSA) is 0 Å². The van der Waals surface area contributed by atoms with E-state index in [1.165, 1.54) is 24.6 Å². The summed E-state index contributed by atoms with van der Waals surface area (Å²) < 4.78 is 0. The normalized spacial score (nSPS) is 10.9. The predicted octanol–water partition coefficient (Wildman–Crippen LogP) is 0.306. The molecular formula is C8H19ClIP. The molecule has 0 spiro atoms. The van der Waals surface area contributed by atoms with Gasteiger partial charge in [-0.3, -0.25) is 0 Å². The molecule has 3 heteroatoms. The summed E-state index contributed by atoms with van der Waals surface area (Å²) in [7, 11) is -0.571.